The van der Waals surface area contributed by atoms with E-state index in [0.717, 1.165) is 5.56 Å². The van der Waals surface area contributed by atoms with Crippen molar-refractivity contribution in [3.8, 4) is 11.5 Å². The van der Waals surface area contributed by atoms with Crippen LogP contribution < -0.4 is 9.47 Å². The van der Waals surface area contributed by atoms with Gasteiger partial charge in [0.1, 0.15) is 11.5 Å². The molecule has 0 unspecified atom stereocenters. The average Bonchev–Trinajstić information content (AvgIpc) is 2.46. The molecule has 0 aliphatic heterocycles. The van der Waals surface area contributed by atoms with E-state index in [9.17, 15) is 14.4 Å². The van der Waals surface area contributed by atoms with E-state index >= 15 is 0 Å². The predicted molar refractivity (Wildman–Crippen MR) is 87.9 cm³/mol. The van der Waals surface area contributed by atoms with Crippen molar-refractivity contribution in [1.82, 2.24) is 0 Å². The van der Waals surface area contributed by atoms with Gasteiger partial charge in [0.05, 0.1) is 19.4 Å². The Morgan fingerprint density at radius 1 is 1.09 bits per heavy atom. The summed E-state index contributed by atoms with van der Waals surface area (Å²) in [6.45, 7) is 7.63. The molecule has 0 fully saturated rings. The Bertz CT molecular complexity index is 533. The third-order valence-corrected chi connectivity index (χ3v) is 6.39. The number of hydrogen-bond donors (Lipinski definition) is 2. The lowest BCUT2D eigenvalue weighted by Gasteiger charge is -2.34. The van der Waals surface area contributed by atoms with Gasteiger partial charge < -0.3 is 19.3 Å². The fourth-order valence-electron chi connectivity index (χ4n) is 3.01. The first-order valence-corrected chi connectivity index (χ1v) is 9.11. The summed E-state index contributed by atoms with van der Waals surface area (Å²) in [5, 5.41) is -1.22. The average molecular weight is 330 g/mol. The van der Waals surface area contributed by atoms with Crippen LogP contribution in [0.2, 0.25) is 0 Å². The molecule has 126 valence electrons. The van der Waals surface area contributed by atoms with Gasteiger partial charge in [-0.25, -0.2) is 0 Å². The molecule has 0 aliphatic rings. The molecule has 2 N–H and O–H groups in total. The zero-order valence-electron chi connectivity index (χ0n) is 14.2. The van der Waals surface area contributed by atoms with Gasteiger partial charge in [-0.2, -0.15) is 0 Å². The van der Waals surface area contributed by atoms with Gasteiger partial charge in [0.2, 0.25) is 0 Å². The normalized spacial score (nSPS) is 12.6. The number of ether oxygens (including phenoxy) is 2. The maximum absolute atomic E-state index is 12.1. The Kier molecular flexibility index (Phi) is 6.08. The van der Waals surface area contributed by atoms with Crippen molar-refractivity contribution in [1.29, 1.82) is 0 Å². The van der Waals surface area contributed by atoms with E-state index in [1.807, 2.05) is 13.8 Å². The minimum absolute atomic E-state index is 0.173. The summed E-state index contributed by atoms with van der Waals surface area (Å²) in [4.78, 5) is 19.8. The lowest BCUT2D eigenvalue weighted by atomic mass is 9.89. The minimum Gasteiger partial charge on any atom is -0.496 e. The monoisotopic (exact) mass is 330 g/mol. The molecule has 0 saturated carbocycles. The molecule has 5 nitrogen and oxygen atoms in total. The van der Waals surface area contributed by atoms with E-state index in [1.54, 1.807) is 40.2 Å². The second kappa shape index (κ2) is 7.03. The summed E-state index contributed by atoms with van der Waals surface area (Å²) in [5.41, 5.74) is 1.46. The Labute approximate surface area is 132 Å². The highest BCUT2D eigenvalue weighted by Crippen LogP contribution is 2.62. The summed E-state index contributed by atoms with van der Waals surface area (Å²) in [7, 11) is -1.23. The van der Waals surface area contributed by atoms with Crippen LogP contribution in [0.4, 0.5) is 0 Å². The minimum atomic E-state index is -4.34. The van der Waals surface area contributed by atoms with Gasteiger partial charge in [0.25, 0.3) is 0 Å². The topological polar surface area (TPSA) is 76.0 Å². The molecule has 0 heterocycles. The molecule has 1 aromatic carbocycles. The molecule has 0 bridgehead atoms. The standard InChI is InChI=1S/C16H27O5P/c1-7-16(8-2,22(17,18)19)12-9-13(20-5)15(11(3)4)14(10-12)21-6/h9-11H,7-8H2,1-6H3,(H2,17,18,19). The maximum atomic E-state index is 12.1. The molecule has 0 atom stereocenters. The molecular formula is C16H27O5P. The van der Waals surface area contributed by atoms with Crippen LogP contribution in [0.25, 0.3) is 0 Å². The SMILES string of the molecule is CCC(CC)(c1cc(OC)c(C(C)C)c(OC)c1)P(=O)(O)O. The molecule has 1 aromatic rings. The third kappa shape index (κ3) is 3.17. The quantitative estimate of drug-likeness (QED) is 0.739. The van der Waals surface area contributed by atoms with E-state index in [1.165, 1.54) is 0 Å². The molecule has 0 aromatic heterocycles. The molecule has 0 radical (unpaired) electrons. The van der Waals surface area contributed by atoms with Gasteiger partial charge in [0.15, 0.2) is 0 Å². The molecule has 6 heteroatoms. The molecule has 0 amide bonds. The first-order valence-electron chi connectivity index (χ1n) is 7.50. The van der Waals surface area contributed by atoms with E-state index in [0.29, 0.717) is 29.9 Å². The number of hydrogen-bond acceptors (Lipinski definition) is 3. The largest absolute Gasteiger partial charge is 0.496 e. The van der Waals surface area contributed by atoms with Crippen LogP contribution in [0.5, 0.6) is 11.5 Å². The smallest absolute Gasteiger partial charge is 0.335 e. The van der Waals surface area contributed by atoms with Crippen LogP contribution in [0.3, 0.4) is 0 Å². The van der Waals surface area contributed by atoms with E-state index in [-0.39, 0.29) is 5.92 Å². The van der Waals surface area contributed by atoms with Crippen molar-refractivity contribution >= 4 is 7.60 Å². The Balaban J connectivity index is 3.71. The molecule has 1 rings (SSSR count). The molecule has 22 heavy (non-hydrogen) atoms. The van der Waals surface area contributed by atoms with Crippen LogP contribution in [0.1, 0.15) is 57.6 Å². The van der Waals surface area contributed by atoms with Gasteiger partial charge >= 0.3 is 7.60 Å². The maximum Gasteiger partial charge on any atom is 0.335 e. The van der Waals surface area contributed by atoms with Crippen molar-refractivity contribution in [3.63, 3.8) is 0 Å². The second-order valence-corrected chi connectivity index (χ2v) is 7.68. The highest BCUT2D eigenvalue weighted by atomic mass is 31.2. The fourth-order valence-corrected chi connectivity index (χ4v) is 4.30. The van der Waals surface area contributed by atoms with Gasteiger partial charge in [0, 0.05) is 5.56 Å². The van der Waals surface area contributed by atoms with Crippen molar-refractivity contribution in [2.24, 2.45) is 0 Å². The van der Waals surface area contributed by atoms with Gasteiger partial charge in [-0.3, -0.25) is 4.57 Å². The van der Waals surface area contributed by atoms with Crippen molar-refractivity contribution < 1.29 is 23.8 Å². The Morgan fingerprint density at radius 3 is 1.73 bits per heavy atom. The zero-order chi connectivity index (χ0) is 17.1. The van der Waals surface area contributed by atoms with Gasteiger partial charge in [-0.05, 0) is 36.5 Å². The second-order valence-electron chi connectivity index (χ2n) is 5.73. The van der Waals surface area contributed by atoms with E-state index in [2.05, 4.69) is 0 Å². The van der Waals surface area contributed by atoms with Crippen molar-refractivity contribution in [2.45, 2.75) is 51.6 Å². The first-order chi connectivity index (χ1) is 10.2. The van der Waals surface area contributed by atoms with Crippen molar-refractivity contribution in [3.05, 3.63) is 23.3 Å². The van der Waals surface area contributed by atoms with Crippen molar-refractivity contribution in [2.75, 3.05) is 14.2 Å². The third-order valence-electron chi connectivity index (χ3n) is 4.39. The van der Waals surface area contributed by atoms with Crippen LogP contribution in [-0.4, -0.2) is 24.0 Å². The summed E-state index contributed by atoms with van der Waals surface area (Å²) < 4.78 is 23.1. The Hall–Kier alpha value is -1.03. The highest BCUT2D eigenvalue weighted by Gasteiger charge is 2.46. The fraction of sp³-hybridized carbons (Fsp3) is 0.625. The van der Waals surface area contributed by atoms with Gasteiger partial charge in [-0.15, -0.1) is 0 Å². The van der Waals surface area contributed by atoms with E-state index in [4.69, 9.17) is 9.47 Å². The van der Waals surface area contributed by atoms with Gasteiger partial charge in [-0.1, -0.05) is 27.7 Å². The lowest BCUT2D eigenvalue weighted by molar-refractivity contribution is 0.313. The number of rotatable bonds is 7. The highest BCUT2D eigenvalue weighted by molar-refractivity contribution is 7.53. The van der Waals surface area contributed by atoms with Crippen LogP contribution in [0, 0.1) is 0 Å². The number of benzene rings is 1. The van der Waals surface area contributed by atoms with Crippen LogP contribution >= 0.6 is 7.60 Å². The first kappa shape index (κ1) is 19.0. The lowest BCUT2D eigenvalue weighted by Crippen LogP contribution is -2.25. The summed E-state index contributed by atoms with van der Waals surface area (Å²) in [6.07, 6.45) is 0.669. The van der Waals surface area contributed by atoms with E-state index < -0.39 is 12.8 Å². The molecule has 0 aliphatic carbocycles. The summed E-state index contributed by atoms with van der Waals surface area (Å²) in [6, 6.07) is 3.48. The molecular weight excluding hydrogens is 303 g/mol. The van der Waals surface area contributed by atoms with Crippen LogP contribution in [-0.2, 0) is 9.72 Å². The predicted octanol–water partition coefficient (Wildman–Crippen LogP) is 4.02. The van der Waals surface area contributed by atoms with Crippen LogP contribution in [0.15, 0.2) is 12.1 Å². The Morgan fingerprint density at radius 2 is 1.50 bits per heavy atom. The summed E-state index contributed by atoms with van der Waals surface area (Å²) >= 11 is 0. The number of methoxy groups -OCH3 is 2. The molecule has 0 spiro atoms. The summed E-state index contributed by atoms with van der Waals surface area (Å²) in [5.74, 6) is 1.37. The zero-order valence-corrected chi connectivity index (χ0v) is 15.1. The molecule has 0 saturated heterocycles.